The monoisotopic (exact) mass is 416 g/mol. The number of carbonyl (C=O) groups excluding carboxylic acids is 2. The number of carbonyl (C=O) groups is 2. The van der Waals surface area contributed by atoms with Gasteiger partial charge in [0.15, 0.2) is 11.5 Å². The molecule has 0 aliphatic carbocycles. The second kappa shape index (κ2) is 8.55. The van der Waals surface area contributed by atoms with Crippen molar-refractivity contribution in [2.45, 2.75) is 33.2 Å². The van der Waals surface area contributed by atoms with Gasteiger partial charge >= 0.3 is 12.0 Å². The highest BCUT2D eigenvalue weighted by molar-refractivity contribution is 5.95. The normalized spacial score (nSPS) is 28.0. The summed E-state index contributed by atoms with van der Waals surface area (Å²) in [5, 5.41) is 5.77. The minimum Gasteiger partial charge on any atom is -0.463 e. The standard InChI is InChI=1S/C22H29N3O5/c1-4-28-21(26)19-16(11-25-9-13(2)7-14(3)10-25)23-22(27)24-20(19)15-5-6-17-18(8-15)30-12-29-17/h5-6,8,13-14,20H,4,7,9-12H2,1-3H3,(H2,23,24,27)/p+1/t13-,14-,20-/m0/s1. The number of piperidine rings is 1. The van der Waals surface area contributed by atoms with Crippen molar-refractivity contribution >= 4 is 12.0 Å². The highest BCUT2D eigenvalue weighted by atomic mass is 16.7. The van der Waals surface area contributed by atoms with Crippen molar-refractivity contribution in [3.63, 3.8) is 0 Å². The molecule has 162 valence electrons. The molecular weight excluding hydrogens is 386 g/mol. The molecule has 3 aliphatic heterocycles. The van der Waals surface area contributed by atoms with Crippen molar-refractivity contribution < 1.29 is 28.7 Å². The van der Waals surface area contributed by atoms with E-state index >= 15 is 0 Å². The van der Waals surface area contributed by atoms with Gasteiger partial charge in [-0.2, -0.15) is 0 Å². The van der Waals surface area contributed by atoms with E-state index in [1.807, 2.05) is 12.1 Å². The first kappa shape index (κ1) is 20.5. The molecule has 0 spiro atoms. The Hall–Kier alpha value is -2.74. The van der Waals surface area contributed by atoms with Gasteiger partial charge in [0.2, 0.25) is 6.79 Å². The van der Waals surface area contributed by atoms with Crippen LogP contribution in [-0.2, 0) is 9.53 Å². The average molecular weight is 416 g/mol. The van der Waals surface area contributed by atoms with Crippen LogP contribution < -0.4 is 25.0 Å². The summed E-state index contributed by atoms with van der Waals surface area (Å²) in [7, 11) is 0. The van der Waals surface area contributed by atoms with E-state index in [2.05, 4.69) is 24.5 Å². The number of amides is 2. The first-order chi connectivity index (χ1) is 14.4. The predicted molar refractivity (Wildman–Crippen MR) is 109 cm³/mol. The van der Waals surface area contributed by atoms with Crippen LogP contribution in [0.1, 0.15) is 38.8 Å². The number of hydrogen-bond donors (Lipinski definition) is 3. The topological polar surface area (TPSA) is 90.3 Å². The van der Waals surface area contributed by atoms with Gasteiger partial charge in [0, 0.05) is 11.8 Å². The second-order valence-corrected chi connectivity index (χ2v) is 8.54. The highest BCUT2D eigenvalue weighted by Gasteiger charge is 2.37. The molecule has 0 saturated carbocycles. The van der Waals surface area contributed by atoms with E-state index in [0.717, 1.165) is 18.7 Å². The Morgan fingerprint density at radius 2 is 1.93 bits per heavy atom. The Kier molecular flexibility index (Phi) is 5.85. The van der Waals surface area contributed by atoms with E-state index in [0.29, 0.717) is 41.1 Å². The largest absolute Gasteiger partial charge is 0.463 e. The Balaban J connectivity index is 1.69. The number of benzene rings is 1. The van der Waals surface area contributed by atoms with Crippen LogP contribution in [0.4, 0.5) is 4.79 Å². The molecule has 1 fully saturated rings. The summed E-state index contributed by atoms with van der Waals surface area (Å²) in [5.74, 6) is 2.06. The van der Waals surface area contributed by atoms with Crippen molar-refractivity contribution in [3.8, 4) is 11.5 Å². The number of quaternary nitrogens is 1. The minimum absolute atomic E-state index is 0.165. The summed E-state index contributed by atoms with van der Waals surface area (Å²) in [4.78, 5) is 26.8. The van der Waals surface area contributed by atoms with E-state index in [1.165, 1.54) is 11.3 Å². The Labute approximate surface area is 176 Å². The minimum atomic E-state index is -0.610. The quantitative estimate of drug-likeness (QED) is 0.627. The lowest BCUT2D eigenvalue weighted by Crippen LogP contribution is -3.14. The van der Waals surface area contributed by atoms with Crippen LogP contribution in [0, 0.1) is 11.8 Å². The number of fused-ring (bicyclic) bond motifs is 1. The van der Waals surface area contributed by atoms with E-state index in [1.54, 1.807) is 13.0 Å². The van der Waals surface area contributed by atoms with Crippen LogP contribution in [0.15, 0.2) is 29.5 Å². The van der Waals surface area contributed by atoms with Crippen molar-refractivity contribution in [2.75, 3.05) is 33.0 Å². The highest BCUT2D eigenvalue weighted by Crippen LogP contribution is 2.37. The summed E-state index contributed by atoms with van der Waals surface area (Å²) in [6.45, 7) is 9.34. The number of rotatable bonds is 5. The molecule has 8 nitrogen and oxygen atoms in total. The lowest BCUT2D eigenvalue weighted by Gasteiger charge is -2.35. The molecular formula is C22H30N3O5+. The number of ether oxygens (including phenoxy) is 3. The summed E-state index contributed by atoms with van der Waals surface area (Å²) in [6.07, 6.45) is 1.21. The zero-order chi connectivity index (χ0) is 21.3. The fourth-order valence-corrected chi connectivity index (χ4v) is 4.87. The van der Waals surface area contributed by atoms with Crippen LogP contribution in [0.25, 0.3) is 0 Å². The van der Waals surface area contributed by atoms with Gasteiger partial charge in [0.05, 0.1) is 37.0 Å². The molecule has 0 radical (unpaired) electrons. The summed E-state index contributed by atoms with van der Waals surface area (Å²) in [6, 6.07) is 4.53. The van der Waals surface area contributed by atoms with E-state index in [-0.39, 0.29) is 19.4 Å². The molecule has 3 aliphatic rings. The van der Waals surface area contributed by atoms with E-state index in [4.69, 9.17) is 14.2 Å². The molecule has 0 aromatic heterocycles. The molecule has 1 saturated heterocycles. The van der Waals surface area contributed by atoms with Gasteiger partial charge < -0.3 is 29.7 Å². The van der Waals surface area contributed by atoms with Crippen molar-refractivity contribution in [3.05, 3.63) is 35.0 Å². The molecule has 8 heteroatoms. The zero-order valence-electron chi connectivity index (χ0n) is 17.7. The lowest BCUT2D eigenvalue weighted by molar-refractivity contribution is -0.907. The molecule has 0 bridgehead atoms. The first-order valence-corrected chi connectivity index (χ1v) is 10.6. The fourth-order valence-electron chi connectivity index (χ4n) is 4.87. The third-order valence-electron chi connectivity index (χ3n) is 5.88. The van der Waals surface area contributed by atoms with E-state index < -0.39 is 12.0 Å². The van der Waals surface area contributed by atoms with Gasteiger partial charge in [-0.05, 0) is 31.0 Å². The lowest BCUT2D eigenvalue weighted by atomic mass is 9.91. The van der Waals surface area contributed by atoms with Crippen LogP contribution in [0.3, 0.4) is 0 Å². The summed E-state index contributed by atoms with van der Waals surface area (Å²) in [5.41, 5.74) is 1.84. The Morgan fingerprint density at radius 1 is 1.20 bits per heavy atom. The maximum absolute atomic E-state index is 13.0. The maximum Gasteiger partial charge on any atom is 0.338 e. The van der Waals surface area contributed by atoms with Crippen LogP contribution in [0.5, 0.6) is 11.5 Å². The summed E-state index contributed by atoms with van der Waals surface area (Å²) < 4.78 is 16.2. The molecule has 4 rings (SSSR count). The summed E-state index contributed by atoms with van der Waals surface area (Å²) >= 11 is 0. The number of urea groups is 1. The van der Waals surface area contributed by atoms with E-state index in [9.17, 15) is 9.59 Å². The van der Waals surface area contributed by atoms with Crippen LogP contribution >= 0.6 is 0 Å². The van der Waals surface area contributed by atoms with Crippen LogP contribution in [-0.4, -0.2) is 45.0 Å². The molecule has 2 amide bonds. The number of hydrogen-bond acceptors (Lipinski definition) is 5. The van der Waals surface area contributed by atoms with Gasteiger partial charge in [0.25, 0.3) is 0 Å². The molecule has 1 aromatic carbocycles. The number of esters is 1. The average Bonchev–Trinajstić information content (AvgIpc) is 3.14. The maximum atomic E-state index is 13.0. The van der Waals surface area contributed by atoms with Crippen molar-refractivity contribution in [1.29, 1.82) is 0 Å². The van der Waals surface area contributed by atoms with Crippen molar-refractivity contribution in [2.24, 2.45) is 11.8 Å². The third-order valence-corrected chi connectivity index (χ3v) is 5.88. The number of nitrogens with one attached hydrogen (secondary N) is 3. The Morgan fingerprint density at radius 3 is 2.67 bits per heavy atom. The van der Waals surface area contributed by atoms with Gasteiger partial charge in [-0.25, -0.2) is 9.59 Å². The molecule has 3 heterocycles. The molecule has 0 unspecified atom stereocenters. The molecule has 1 aromatic rings. The second-order valence-electron chi connectivity index (χ2n) is 8.54. The predicted octanol–water partition coefficient (Wildman–Crippen LogP) is 1.15. The van der Waals surface area contributed by atoms with Crippen molar-refractivity contribution in [1.82, 2.24) is 10.6 Å². The Bertz CT molecular complexity index is 858. The number of likely N-dealkylation sites (tertiary alicyclic amines) is 1. The fraction of sp³-hybridized carbons (Fsp3) is 0.545. The zero-order valence-corrected chi connectivity index (χ0v) is 17.7. The molecule has 3 atom stereocenters. The molecule has 3 N–H and O–H groups in total. The third kappa shape index (κ3) is 4.23. The smallest absolute Gasteiger partial charge is 0.338 e. The van der Waals surface area contributed by atoms with Crippen LogP contribution in [0.2, 0.25) is 0 Å². The van der Waals surface area contributed by atoms with Gasteiger partial charge in [-0.15, -0.1) is 0 Å². The first-order valence-electron chi connectivity index (χ1n) is 10.6. The molecule has 30 heavy (non-hydrogen) atoms. The van der Waals surface area contributed by atoms with Gasteiger partial charge in [-0.3, -0.25) is 0 Å². The van der Waals surface area contributed by atoms with Gasteiger partial charge in [-0.1, -0.05) is 19.9 Å². The SMILES string of the molecule is CCOC(=O)C1=C(C[NH+]2C[C@@H](C)C[C@H](C)C2)NC(=O)N[C@H]1c1ccc2c(c1)OCO2. The van der Waals surface area contributed by atoms with Gasteiger partial charge in [0.1, 0.15) is 6.54 Å².